The maximum atomic E-state index is 15.1. The summed E-state index contributed by atoms with van der Waals surface area (Å²) in [5.41, 5.74) is 9.40. The number of aliphatic imine (C=N–C) groups is 1. The third-order valence-electron chi connectivity index (χ3n) is 7.30. The maximum Gasteiger partial charge on any atom is 0.151 e. The van der Waals surface area contributed by atoms with Crippen molar-refractivity contribution in [2.75, 3.05) is 33.2 Å². The summed E-state index contributed by atoms with van der Waals surface area (Å²) in [4.78, 5) is 9.49. The van der Waals surface area contributed by atoms with Crippen LogP contribution in [0.1, 0.15) is 46.0 Å². The molecule has 1 saturated heterocycles. The molecular formula is C26H40F2N4. The number of halogens is 2. The summed E-state index contributed by atoms with van der Waals surface area (Å²) in [5, 5.41) is 0. The van der Waals surface area contributed by atoms with Crippen LogP contribution in [0.4, 0.5) is 8.78 Å². The van der Waals surface area contributed by atoms with Crippen molar-refractivity contribution in [1.29, 1.82) is 0 Å². The predicted molar refractivity (Wildman–Crippen MR) is 130 cm³/mol. The number of alkyl halides is 2. The molecule has 3 unspecified atom stereocenters. The molecule has 1 aliphatic carbocycles. The Balaban J connectivity index is 1.76. The van der Waals surface area contributed by atoms with Crippen LogP contribution in [0.3, 0.4) is 0 Å². The lowest BCUT2D eigenvalue weighted by Gasteiger charge is -2.37. The molecule has 2 N–H and O–H groups in total. The third kappa shape index (κ3) is 5.89. The van der Waals surface area contributed by atoms with Gasteiger partial charge in [-0.25, -0.2) is 13.8 Å². The molecule has 2 heterocycles. The molecule has 1 saturated carbocycles. The minimum atomic E-state index is -1.32. The standard InChI is InChI=1S/C26H40F2N4/c1-6-7-23(18(3)27)25(28)21-10-14-32(15-11-21)26(19(4)29)30-24-16-31(5)13-12-22(24)17(2)20-8-9-20/h6-7,17-18,20-21,25H,1,4,8-16,29H2,2-3,5H3/b23-7+,30-26?. The van der Waals surface area contributed by atoms with Gasteiger partial charge in [0.25, 0.3) is 0 Å². The maximum absolute atomic E-state index is 15.1. The Labute approximate surface area is 192 Å². The van der Waals surface area contributed by atoms with Crippen LogP contribution in [0, 0.1) is 17.8 Å². The third-order valence-corrected chi connectivity index (χ3v) is 7.30. The topological polar surface area (TPSA) is 44.9 Å². The summed E-state index contributed by atoms with van der Waals surface area (Å²) in [6, 6.07) is 0. The van der Waals surface area contributed by atoms with Crippen LogP contribution >= 0.6 is 0 Å². The van der Waals surface area contributed by atoms with Crippen molar-refractivity contribution in [1.82, 2.24) is 9.80 Å². The molecule has 6 heteroatoms. The van der Waals surface area contributed by atoms with Crippen molar-refractivity contribution in [3.63, 3.8) is 0 Å². The minimum Gasteiger partial charge on any atom is -0.396 e. The van der Waals surface area contributed by atoms with Crippen LogP contribution in [-0.2, 0) is 0 Å². The molecule has 0 amide bonds. The van der Waals surface area contributed by atoms with Gasteiger partial charge in [0, 0.05) is 26.2 Å². The van der Waals surface area contributed by atoms with E-state index in [-0.39, 0.29) is 11.5 Å². The van der Waals surface area contributed by atoms with E-state index >= 15 is 4.39 Å². The van der Waals surface area contributed by atoms with Crippen LogP contribution in [0.15, 0.2) is 52.8 Å². The van der Waals surface area contributed by atoms with Gasteiger partial charge in [-0.2, -0.15) is 0 Å². The zero-order valence-corrected chi connectivity index (χ0v) is 20.0. The lowest BCUT2D eigenvalue weighted by Crippen LogP contribution is -2.43. The van der Waals surface area contributed by atoms with Crippen LogP contribution < -0.4 is 5.73 Å². The molecular weight excluding hydrogens is 406 g/mol. The highest BCUT2D eigenvalue weighted by molar-refractivity contribution is 5.97. The molecule has 2 aliphatic heterocycles. The van der Waals surface area contributed by atoms with Gasteiger partial charge in [-0.1, -0.05) is 32.2 Å². The Morgan fingerprint density at radius 3 is 2.31 bits per heavy atom. The van der Waals surface area contributed by atoms with E-state index in [0.29, 0.717) is 43.4 Å². The van der Waals surface area contributed by atoms with Gasteiger partial charge in [0.05, 0.1) is 11.4 Å². The summed E-state index contributed by atoms with van der Waals surface area (Å²) < 4.78 is 29.0. The van der Waals surface area contributed by atoms with Crippen molar-refractivity contribution in [2.45, 2.75) is 58.3 Å². The molecule has 4 nitrogen and oxygen atoms in total. The summed E-state index contributed by atoms with van der Waals surface area (Å²) >= 11 is 0. The number of rotatable bonds is 8. The van der Waals surface area contributed by atoms with Gasteiger partial charge < -0.3 is 15.5 Å². The zero-order chi connectivity index (χ0) is 23.4. The fourth-order valence-electron chi connectivity index (χ4n) is 5.10. The van der Waals surface area contributed by atoms with E-state index in [4.69, 9.17) is 10.7 Å². The number of nitrogens with zero attached hydrogens (tertiary/aromatic N) is 3. The van der Waals surface area contributed by atoms with Crippen molar-refractivity contribution >= 4 is 5.84 Å². The molecule has 0 spiro atoms. The highest BCUT2D eigenvalue weighted by Gasteiger charge is 2.34. The van der Waals surface area contributed by atoms with E-state index in [1.807, 2.05) is 0 Å². The quantitative estimate of drug-likeness (QED) is 0.324. The van der Waals surface area contributed by atoms with Gasteiger partial charge in [-0.15, -0.1) is 0 Å². The van der Waals surface area contributed by atoms with E-state index in [1.54, 1.807) is 0 Å². The first kappa shape index (κ1) is 24.7. The van der Waals surface area contributed by atoms with Gasteiger partial charge in [-0.05, 0) is 75.0 Å². The van der Waals surface area contributed by atoms with Gasteiger partial charge in [0.15, 0.2) is 5.84 Å². The highest BCUT2D eigenvalue weighted by Crippen LogP contribution is 2.43. The van der Waals surface area contributed by atoms with Crippen molar-refractivity contribution in [2.24, 2.45) is 28.5 Å². The van der Waals surface area contributed by atoms with E-state index in [0.717, 1.165) is 31.1 Å². The Bertz CT molecular complexity index is 786. The second kappa shape index (κ2) is 10.8. The molecule has 3 rings (SSSR count). The van der Waals surface area contributed by atoms with Crippen LogP contribution in [-0.4, -0.2) is 61.2 Å². The van der Waals surface area contributed by atoms with Gasteiger partial charge in [0.1, 0.15) is 12.3 Å². The number of likely N-dealkylation sites (tertiary alicyclic amines) is 1. The monoisotopic (exact) mass is 446 g/mol. The second-order valence-corrected chi connectivity index (χ2v) is 9.79. The molecule has 0 aromatic rings. The van der Waals surface area contributed by atoms with E-state index < -0.39 is 12.3 Å². The SMILES string of the molecule is C=C/C=C(\C(C)F)C(F)C1CCN(C(=NC2=C(C(C)C3CC3)CCN(C)C2)C(=C)N)CC1. The van der Waals surface area contributed by atoms with Gasteiger partial charge >= 0.3 is 0 Å². The summed E-state index contributed by atoms with van der Waals surface area (Å²) in [7, 11) is 2.12. The first-order valence-corrected chi connectivity index (χ1v) is 12.0. The number of hydrogen-bond acceptors (Lipinski definition) is 3. The van der Waals surface area contributed by atoms with Crippen LogP contribution in [0.5, 0.6) is 0 Å². The first-order chi connectivity index (χ1) is 15.2. The number of likely N-dealkylation sites (N-methyl/N-ethyl adjacent to an activating group) is 1. The Morgan fingerprint density at radius 2 is 1.78 bits per heavy atom. The van der Waals surface area contributed by atoms with E-state index in [9.17, 15) is 4.39 Å². The molecule has 3 aliphatic rings. The number of nitrogens with two attached hydrogens (primary N) is 1. The summed E-state index contributed by atoms with van der Waals surface area (Å²) in [6.45, 7) is 14.4. The first-order valence-electron chi connectivity index (χ1n) is 12.0. The fraction of sp³-hybridized carbons (Fsp3) is 0.654. The number of piperidine rings is 1. The molecule has 3 atom stereocenters. The molecule has 0 aromatic heterocycles. The Morgan fingerprint density at radius 1 is 1.12 bits per heavy atom. The van der Waals surface area contributed by atoms with Crippen molar-refractivity contribution in [3.8, 4) is 0 Å². The molecule has 0 radical (unpaired) electrons. The average Bonchev–Trinajstić information content (AvgIpc) is 3.60. The lowest BCUT2D eigenvalue weighted by molar-refractivity contribution is 0.165. The molecule has 32 heavy (non-hydrogen) atoms. The summed E-state index contributed by atoms with van der Waals surface area (Å²) in [6.07, 6.45) is 5.25. The minimum absolute atomic E-state index is 0.185. The Kier molecular flexibility index (Phi) is 8.32. The van der Waals surface area contributed by atoms with Crippen LogP contribution in [0.25, 0.3) is 0 Å². The number of amidine groups is 1. The number of allylic oxidation sites excluding steroid dienone is 3. The fourth-order valence-corrected chi connectivity index (χ4v) is 5.10. The summed E-state index contributed by atoms with van der Waals surface area (Å²) in [5.74, 6) is 1.85. The van der Waals surface area contributed by atoms with Crippen LogP contribution in [0.2, 0.25) is 0 Å². The zero-order valence-electron chi connectivity index (χ0n) is 20.0. The van der Waals surface area contributed by atoms with E-state index in [2.05, 4.69) is 36.9 Å². The molecule has 0 aromatic carbocycles. The Hall–Kier alpha value is -1.95. The molecule has 178 valence electrons. The smallest absolute Gasteiger partial charge is 0.151 e. The number of hydrogen-bond donors (Lipinski definition) is 1. The average molecular weight is 447 g/mol. The van der Waals surface area contributed by atoms with Gasteiger partial charge in [0.2, 0.25) is 0 Å². The van der Waals surface area contributed by atoms with E-state index in [1.165, 1.54) is 37.5 Å². The van der Waals surface area contributed by atoms with Crippen molar-refractivity contribution < 1.29 is 8.78 Å². The van der Waals surface area contributed by atoms with Gasteiger partial charge in [-0.3, -0.25) is 0 Å². The predicted octanol–water partition coefficient (Wildman–Crippen LogP) is 5.01. The highest BCUT2D eigenvalue weighted by atomic mass is 19.1. The second-order valence-electron chi connectivity index (χ2n) is 9.79. The normalized spacial score (nSPS) is 25.0. The lowest BCUT2D eigenvalue weighted by atomic mass is 9.86. The van der Waals surface area contributed by atoms with Crippen molar-refractivity contribution in [3.05, 3.63) is 47.9 Å². The largest absolute Gasteiger partial charge is 0.396 e. The molecule has 0 bridgehead atoms. The molecule has 2 fully saturated rings.